The maximum absolute atomic E-state index is 13.1. The molecule has 3 amide bonds. The first kappa shape index (κ1) is 24.7. The highest BCUT2D eigenvalue weighted by Gasteiger charge is 2.44. The molecule has 7 heteroatoms. The van der Waals surface area contributed by atoms with Crippen LogP contribution in [0.4, 0.5) is 0 Å². The predicted octanol–water partition coefficient (Wildman–Crippen LogP) is 2.10. The summed E-state index contributed by atoms with van der Waals surface area (Å²) in [5.74, 6) is 0.409. The Kier molecular flexibility index (Phi) is 7.71. The largest absolute Gasteiger partial charge is 0.353 e. The van der Waals surface area contributed by atoms with E-state index in [-0.39, 0.29) is 35.6 Å². The van der Waals surface area contributed by atoms with Crippen LogP contribution in [0.2, 0.25) is 0 Å². The lowest BCUT2D eigenvalue weighted by Gasteiger charge is -2.34. The summed E-state index contributed by atoms with van der Waals surface area (Å²) < 4.78 is 0. The van der Waals surface area contributed by atoms with Crippen LogP contribution in [-0.4, -0.2) is 60.1 Å². The monoisotopic (exact) mass is 484 g/mol. The van der Waals surface area contributed by atoms with Gasteiger partial charge in [-0.3, -0.25) is 24.1 Å². The molecule has 2 unspecified atom stereocenters. The molecule has 5 rings (SSSR count). The van der Waals surface area contributed by atoms with Crippen LogP contribution in [0, 0.1) is 11.8 Å². The van der Waals surface area contributed by atoms with Crippen molar-refractivity contribution in [2.45, 2.75) is 108 Å². The highest BCUT2D eigenvalue weighted by atomic mass is 16.2. The summed E-state index contributed by atoms with van der Waals surface area (Å²) in [5, 5.41) is 3.28. The Hall–Kier alpha value is -2.02. The molecule has 0 bridgehead atoms. The van der Waals surface area contributed by atoms with E-state index < -0.39 is 0 Å². The number of nitrogens with zero attached hydrogens (tertiary/aromatic N) is 1. The van der Waals surface area contributed by atoms with Crippen molar-refractivity contribution in [1.82, 2.24) is 10.2 Å². The molecule has 7 nitrogen and oxygen atoms in total. The lowest BCUT2D eigenvalue weighted by atomic mass is 9.82. The summed E-state index contributed by atoms with van der Waals surface area (Å²) in [6, 6.07) is 0.286. The molecule has 2 saturated carbocycles. The second-order valence-corrected chi connectivity index (χ2v) is 11.7. The minimum atomic E-state index is -0.0604. The van der Waals surface area contributed by atoms with Crippen LogP contribution in [0.15, 0.2) is 11.1 Å². The van der Waals surface area contributed by atoms with Gasteiger partial charge in [-0.2, -0.15) is 0 Å². The second-order valence-electron chi connectivity index (χ2n) is 11.7. The molecule has 0 spiro atoms. The average Bonchev–Trinajstić information content (AvgIpc) is 3.15. The van der Waals surface area contributed by atoms with Gasteiger partial charge in [0.2, 0.25) is 5.91 Å². The number of quaternary nitrogens is 1. The normalized spacial score (nSPS) is 32.5. The van der Waals surface area contributed by atoms with Gasteiger partial charge in [-0.25, -0.2) is 0 Å². The van der Waals surface area contributed by atoms with Gasteiger partial charge >= 0.3 is 0 Å². The van der Waals surface area contributed by atoms with Crippen molar-refractivity contribution in [2.24, 2.45) is 11.8 Å². The van der Waals surface area contributed by atoms with E-state index >= 15 is 0 Å². The first-order chi connectivity index (χ1) is 17.0. The number of piperidine rings is 1. The van der Waals surface area contributed by atoms with Crippen LogP contribution >= 0.6 is 0 Å². The number of amides is 3. The number of ketones is 1. The highest BCUT2D eigenvalue weighted by Crippen LogP contribution is 2.37. The van der Waals surface area contributed by atoms with E-state index in [2.05, 4.69) is 5.32 Å². The van der Waals surface area contributed by atoms with Crippen LogP contribution in [0.25, 0.3) is 0 Å². The molecule has 0 aromatic heterocycles. The molecular weight excluding hydrogens is 442 g/mol. The van der Waals surface area contributed by atoms with Crippen molar-refractivity contribution in [3.63, 3.8) is 0 Å². The maximum Gasteiger partial charge on any atom is 0.257 e. The number of likely N-dealkylation sites (tertiary alicyclic amines) is 1. The quantitative estimate of drug-likeness (QED) is 0.565. The second kappa shape index (κ2) is 10.9. The van der Waals surface area contributed by atoms with E-state index in [0.717, 1.165) is 101 Å². The standard InChI is InChI=1S/C28H41N3O4/c32-25(18-30-16-6-7-20(17-30)26(33)29-21-8-2-1-3-9-21)19-12-14-22(15-13-19)31-27(34)23-10-4-5-11-24(23)28(31)35/h19-22H,1-18H2,(H,29,33)/p+1. The zero-order chi connectivity index (χ0) is 24.4. The van der Waals surface area contributed by atoms with Gasteiger partial charge in [-0.15, -0.1) is 0 Å². The average molecular weight is 485 g/mol. The Morgan fingerprint density at radius 2 is 1.43 bits per heavy atom. The molecule has 2 N–H and O–H groups in total. The van der Waals surface area contributed by atoms with Gasteiger partial charge in [0.15, 0.2) is 5.78 Å². The van der Waals surface area contributed by atoms with Crippen LogP contribution in [0.1, 0.15) is 96.3 Å². The summed E-state index contributed by atoms with van der Waals surface area (Å²) >= 11 is 0. The Morgan fingerprint density at radius 3 is 2.09 bits per heavy atom. The molecule has 35 heavy (non-hydrogen) atoms. The lowest BCUT2D eigenvalue weighted by Crippen LogP contribution is -3.14. The number of imide groups is 1. The molecule has 0 aromatic rings. The summed E-state index contributed by atoms with van der Waals surface area (Å²) in [4.78, 5) is 54.5. The fourth-order valence-electron chi connectivity index (χ4n) is 7.24. The van der Waals surface area contributed by atoms with Crippen LogP contribution in [0.3, 0.4) is 0 Å². The minimum absolute atomic E-state index is 0.0191. The van der Waals surface area contributed by atoms with Gasteiger partial charge in [0.1, 0.15) is 6.54 Å². The summed E-state index contributed by atoms with van der Waals surface area (Å²) in [7, 11) is 0. The molecule has 192 valence electrons. The molecule has 2 aliphatic heterocycles. The van der Waals surface area contributed by atoms with E-state index in [1.54, 1.807) is 0 Å². The third-order valence-corrected chi connectivity index (χ3v) is 9.30. The van der Waals surface area contributed by atoms with Gasteiger partial charge < -0.3 is 10.2 Å². The van der Waals surface area contributed by atoms with Crippen molar-refractivity contribution in [1.29, 1.82) is 0 Å². The Morgan fingerprint density at radius 1 is 0.771 bits per heavy atom. The third-order valence-electron chi connectivity index (χ3n) is 9.30. The smallest absolute Gasteiger partial charge is 0.257 e. The van der Waals surface area contributed by atoms with E-state index in [1.165, 1.54) is 29.1 Å². The zero-order valence-corrected chi connectivity index (χ0v) is 21.1. The number of Topliss-reactive ketones (excluding diaryl/α,β-unsaturated/α-hetero) is 1. The Balaban J connectivity index is 1.08. The van der Waals surface area contributed by atoms with Crippen LogP contribution in [0.5, 0.6) is 0 Å². The molecule has 3 aliphatic carbocycles. The Bertz CT molecular complexity index is 855. The van der Waals surface area contributed by atoms with Crippen LogP contribution in [-0.2, 0) is 19.2 Å². The number of rotatable bonds is 6. The van der Waals surface area contributed by atoms with E-state index in [1.807, 2.05) is 0 Å². The van der Waals surface area contributed by atoms with Crippen molar-refractivity contribution in [3.05, 3.63) is 11.1 Å². The van der Waals surface area contributed by atoms with Crippen molar-refractivity contribution >= 4 is 23.5 Å². The number of hydrogen-bond donors (Lipinski definition) is 2. The molecular formula is C28H42N3O4+. The molecule has 2 heterocycles. The van der Waals surface area contributed by atoms with Crippen molar-refractivity contribution < 1.29 is 24.1 Å². The van der Waals surface area contributed by atoms with Gasteiger partial charge in [0.05, 0.1) is 19.0 Å². The molecule has 0 radical (unpaired) electrons. The topological polar surface area (TPSA) is 88.0 Å². The van der Waals surface area contributed by atoms with E-state index in [0.29, 0.717) is 18.4 Å². The van der Waals surface area contributed by atoms with Crippen LogP contribution < -0.4 is 10.2 Å². The molecule has 0 aromatic carbocycles. The first-order valence-electron chi connectivity index (χ1n) is 14.3. The molecule has 1 saturated heterocycles. The number of carbonyl (C=O) groups is 4. The fraction of sp³-hybridized carbons (Fsp3) is 0.786. The fourth-order valence-corrected chi connectivity index (χ4v) is 7.24. The number of nitrogens with one attached hydrogen (secondary N) is 2. The lowest BCUT2D eigenvalue weighted by molar-refractivity contribution is -0.899. The summed E-state index contributed by atoms with van der Waals surface area (Å²) in [6.45, 7) is 2.22. The molecule has 3 fully saturated rings. The third kappa shape index (κ3) is 5.40. The van der Waals surface area contributed by atoms with Gasteiger partial charge in [0.25, 0.3) is 11.8 Å². The Labute approximate surface area is 209 Å². The molecule has 2 atom stereocenters. The van der Waals surface area contributed by atoms with Gasteiger partial charge in [-0.1, -0.05) is 19.3 Å². The molecule has 5 aliphatic rings. The van der Waals surface area contributed by atoms with Gasteiger partial charge in [-0.05, 0) is 77.0 Å². The van der Waals surface area contributed by atoms with E-state index in [4.69, 9.17) is 0 Å². The summed E-state index contributed by atoms with van der Waals surface area (Å²) in [6.07, 6.45) is 14.3. The predicted molar refractivity (Wildman–Crippen MR) is 131 cm³/mol. The number of carbonyl (C=O) groups excluding carboxylic acids is 4. The first-order valence-corrected chi connectivity index (χ1v) is 14.3. The van der Waals surface area contributed by atoms with Gasteiger partial charge in [0, 0.05) is 29.1 Å². The number of hydrogen-bond acceptors (Lipinski definition) is 4. The maximum atomic E-state index is 13.1. The van der Waals surface area contributed by atoms with E-state index in [9.17, 15) is 19.2 Å². The minimum Gasteiger partial charge on any atom is -0.353 e. The zero-order valence-electron chi connectivity index (χ0n) is 21.1. The van der Waals surface area contributed by atoms with Crippen molar-refractivity contribution in [2.75, 3.05) is 19.6 Å². The SMILES string of the molecule is O=C(C[NH+]1CCCC(C(=O)NC2CCCCC2)C1)C1CCC(N2C(=O)C3=C(CCCC3)C2=O)CC1. The highest BCUT2D eigenvalue weighted by molar-refractivity contribution is 6.19. The van der Waals surface area contributed by atoms with Crippen molar-refractivity contribution in [3.8, 4) is 0 Å². The summed E-state index contributed by atoms with van der Waals surface area (Å²) in [5.41, 5.74) is 1.52.